The highest BCUT2D eigenvalue weighted by Gasteiger charge is 2.55. The Kier molecular flexibility index (Phi) is 4.41. The number of rotatable bonds is 5. The van der Waals surface area contributed by atoms with Gasteiger partial charge in [-0.1, -0.05) is 6.92 Å². The van der Waals surface area contributed by atoms with Crippen LogP contribution in [0.3, 0.4) is 0 Å². The number of carbonyl (C=O) groups is 2. The number of carbonyl (C=O) groups excluding carboxylic acids is 1. The van der Waals surface area contributed by atoms with Crippen molar-refractivity contribution in [2.75, 3.05) is 18.1 Å². The largest absolute Gasteiger partial charge is 0.481 e. The van der Waals surface area contributed by atoms with Gasteiger partial charge in [-0.3, -0.25) is 9.59 Å². The summed E-state index contributed by atoms with van der Waals surface area (Å²) in [6.07, 6.45) is 0.836. The number of aliphatic carboxylic acids is 1. The van der Waals surface area contributed by atoms with Crippen LogP contribution in [0.2, 0.25) is 0 Å². The lowest BCUT2D eigenvalue weighted by molar-refractivity contribution is -0.155. The van der Waals surface area contributed by atoms with Crippen LogP contribution in [0, 0.1) is 5.41 Å². The van der Waals surface area contributed by atoms with Crippen molar-refractivity contribution >= 4 is 46.7 Å². The van der Waals surface area contributed by atoms with Crippen LogP contribution < -0.4 is 5.73 Å². The van der Waals surface area contributed by atoms with Crippen LogP contribution >= 0.6 is 34.9 Å². The predicted molar refractivity (Wildman–Crippen MR) is 88.2 cm³/mol. The van der Waals surface area contributed by atoms with E-state index in [1.165, 1.54) is 23.5 Å². The van der Waals surface area contributed by atoms with Crippen LogP contribution in [0.25, 0.3) is 0 Å². The van der Waals surface area contributed by atoms with Gasteiger partial charge in [0.05, 0.1) is 15.4 Å². The summed E-state index contributed by atoms with van der Waals surface area (Å²) in [6, 6.07) is -0.474. The summed E-state index contributed by atoms with van der Waals surface area (Å²) in [5.74, 6) is -0.0600. The molecule has 1 amide bonds. The van der Waals surface area contributed by atoms with E-state index in [1.807, 2.05) is 6.92 Å². The molecule has 1 aromatic rings. The van der Waals surface area contributed by atoms with Gasteiger partial charge in [0.25, 0.3) is 0 Å². The third-order valence-corrected chi connectivity index (χ3v) is 8.16. The lowest BCUT2D eigenvalue weighted by Gasteiger charge is -2.52. The number of carboxylic acids is 1. The SMILES string of the molecule is CCc1ncsc1SCC1(C(=O)O)CS[C@@H]2C(N)C(=O)N2C1. The number of hydrogen-bond donors (Lipinski definition) is 2. The van der Waals surface area contributed by atoms with Gasteiger partial charge in [0, 0.05) is 18.1 Å². The Labute approximate surface area is 140 Å². The predicted octanol–water partition coefficient (Wildman–Crippen LogP) is 1.11. The van der Waals surface area contributed by atoms with E-state index in [0.29, 0.717) is 11.5 Å². The molecule has 3 N–H and O–H groups in total. The Bertz CT molecular complexity index is 608. The molecule has 0 saturated carbocycles. The quantitative estimate of drug-likeness (QED) is 0.600. The number of aryl methyl sites for hydroxylation is 1. The number of aromatic nitrogens is 1. The fraction of sp³-hybridized carbons (Fsp3) is 0.615. The van der Waals surface area contributed by atoms with E-state index in [2.05, 4.69) is 4.98 Å². The van der Waals surface area contributed by atoms with E-state index in [0.717, 1.165) is 16.3 Å². The molecule has 0 radical (unpaired) electrons. The molecule has 2 aliphatic heterocycles. The van der Waals surface area contributed by atoms with Gasteiger partial charge in [-0.25, -0.2) is 4.98 Å². The monoisotopic (exact) mass is 359 g/mol. The molecular formula is C13H17N3O3S3. The molecule has 0 aromatic carbocycles. The molecule has 0 spiro atoms. The number of thioether (sulfide) groups is 2. The summed E-state index contributed by atoms with van der Waals surface area (Å²) in [6.45, 7) is 2.28. The lowest BCUT2D eigenvalue weighted by Crippen LogP contribution is -2.72. The first kappa shape index (κ1) is 16.1. The van der Waals surface area contributed by atoms with Gasteiger partial charge in [0.15, 0.2) is 0 Å². The van der Waals surface area contributed by atoms with Crippen molar-refractivity contribution in [2.24, 2.45) is 11.1 Å². The molecule has 3 heterocycles. The van der Waals surface area contributed by atoms with Crippen molar-refractivity contribution in [1.82, 2.24) is 9.88 Å². The number of nitrogens with two attached hydrogens (primary N) is 1. The van der Waals surface area contributed by atoms with E-state index >= 15 is 0 Å². The highest BCUT2D eigenvalue weighted by molar-refractivity contribution is 8.01. The van der Waals surface area contributed by atoms with Gasteiger partial charge >= 0.3 is 5.97 Å². The average molecular weight is 359 g/mol. The normalized spacial score (nSPS) is 30.8. The summed E-state index contributed by atoms with van der Waals surface area (Å²) in [5.41, 5.74) is 7.64. The molecule has 1 aromatic heterocycles. The van der Waals surface area contributed by atoms with E-state index in [4.69, 9.17) is 5.73 Å². The van der Waals surface area contributed by atoms with Crippen LogP contribution in [0.15, 0.2) is 9.72 Å². The molecule has 0 bridgehead atoms. The lowest BCUT2D eigenvalue weighted by atomic mass is 9.89. The summed E-state index contributed by atoms with van der Waals surface area (Å²) in [5, 5.41) is 9.66. The maximum atomic E-state index is 11.8. The third-order valence-electron chi connectivity index (χ3n) is 4.06. The Morgan fingerprint density at radius 2 is 2.45 bits per heavy atom. The van der Waals surface area contributed by atoms with Crippen LogP contribution in [0.1, 0.15) is 12.6 Å². The summed E-state index contributed by atoms with van der Waals surface area (Å²) in [4.78, 5) is 29.6. The van der Waals surface area contributed by atoms with Gasteiger partial charge in [-0.05, 0) is 6.42 Å². The van der Waals surface area contributed by atoms with E-state index in [-0.39, 0.29) is 17.8 Å². The van der Waals surface area contributed by atoms with E-state index in [1.54, 1.807) is 21.7 Å². The molecule has 9 heteroatoms. The van der Waals surface area contributed by atoms with Crippen molar-refractivity contribution < 1.29 is 14.7 Å². The molecule has 2 unspecified atom stereocenters. The molecule has 120 valence electrons. The summed E-state index contributed by atoms with van der Waals surface area (Å²) < 4.78 is 1.07. The fourth-order valence-electron chi connectivity index (χ4n) is 2.62. The van der Waals surface area contributed by atoms with Crippen molar-refractivity contribution in [1.29, 1.82) is 0 Å². The van der Waals surface area contributed by atoms with Crippen molar-refractivity contribution in [2.45, 2.75) is 29.0 Å². The standard InChI is InChI=1S/C13H17N3O3S3/c1-2-7-11(22-6-15-7)21-5-13(12(18)19)3-16-9(17)8(14)10(16)20-4-13/h6,8,10H,2-5,14H2,1H3,(H,18,19)/t8?,10-,13?/m1/s1. The first-order valence-corrected chi connectivity index (χ1v) is 9.86. The van der Waals surface area contributed by atoms with Crippen molar-refractivity contribution in [3.8, 4) is 0 Å². The van der Waals surface area contributed by atoms with Gasteiger partial charge in [-0.2, -0.15) is 0 Å². The molecule has 3 rings (SSSR count). The number of amides is 1. The Hall–Kier alpha value is -0.770. The summed E-state index contributed by atoms with van der Waals surface area (Å²) in [7, 11) is 0. The maximum absolute atomic E-state index is 11.8. The van der Waals surface area contributed by atoms with Crippen LogP contribution in [-0.2, 0) is 16.0 Å². The zero-order valence-corrected chi connectivity index (χ0v) is 14.5. The molecule has 0 aliphatic carbocycles. The number of fused-ring (bicyclic) bond motifs is 1. The van der Waals surface area contributed by atoms with Crippen LogP contribution in [0.4, 0.5) is 0 Å². The zero-order chi connectivity index (χ0) is 15.9. The minimum atomic E-state index is -0.920. The number of thiazole rings is 1. The average Bonchev–Trinajstić information content (AvgIpc) is 2.99. The third kappa shape index (κ3) is 2.53. The first-order chi connectivity index (χ1) is 10.5. The molecule has 2 saturated heterocycles. The molecular weight excluding hydrogens is 342 g/mol. The fourth-order valence-corrected chi connectivity index (χ4v) is 6.51. The summed E-state index contributed by atoms with van der Waals surface area (Å²) >= 11 is 4.56. The van der Waals surface area contributed by atoms with Gasteiger partial charge in [0.2, 0.25) is 5.91 Å². The molecule has 3 atom stereocenters. The topological polar surface area (TPSA) is 96.5 Å². The number of hydrogen-bond acceptors (Lipinski definition) is 7. The van der Waals surface area contributed by atoms with Crippen molar-refractivity contribution in [3.63, 3.8) is 0 Å². The smallest absolute Gasteiger partial charge is 0.313 e. The Morgan fingerprint density at radius 1 is 1.68 bits per heavy atom. The highest BCUT2D eigenvalue weighted by Crippen LogP contribution is 2.44. The van der Waals surface area contributed by atoms with E-state index < -0.39 is 17.4 Å². The molecule has 2 aliphatic rings. The zero-order valence-electron chi connectivity index (χ0n) is 12.0. The van der Waals surface area contributed by atoms with Gasteiger partial charge in [0.1, 0.15) is 16.8 Å². The Balaban J connectivity index is 1.73. The van der Waals surface area contributed by atoms with Crippen molar-refractivity contribution in [3.05, 3.63) is 11.2 Å². The molecule has 2 fully saturated rings. The van der Waals surface area contributed by atoms with E-state index in [9.17, 15) is 14.7 Å². The van der Waals surface area contributed by atoms with Gasteiger partial charge in [-0.15, -0.1) is 34.9 Å². The number of β-lactam (4-membered cyclic amide) rings is 1. The Morgan fingerprint density at radius 3 is 3.14 bits per heavy atom. The second-order valence-electron chi connectivity index (χ2n) is 5.51. The van der Waals surface area contributed by atoms with Gasteiger partial charge < -0.3 is 15.7 Å². The molecule has 22 heavy (non-hydrogen) atoms. The maximum Gasteiger partial charge on any atom is 0.313 e. The number of carboxylic acid groups (broad SMARTS) is 1. The minimum Gasteiger partial charge on any atom is -0.481 e. The highest BCUT2D eigenvalue weighted by atomic mass is 32.2. The molecule has 6 nitrogen and oxygen atoms in total. The first-order valence-electron chi connectivity index (χ1n) is 6.95. The minimum absolute atomic E-state index is 0.0559. The van der Waals surface area contributed by atoms with Crippen LogP contribution in [-0.4, -0.2) is 56.3 Å². The second-order valence-corrected chi connectivity index (χ2v) is 8.71. The van der Waals surface area contributed by atoms with Crippen LogP contribution in [0.5, 0.6) is 0 Å². The number of nitrogens with zero attached hydrogens (tertiary/aromatic N) is 2. The second kappa shape index (κ2) is 6.03.